The number of aryl methyl sites for hydroxylation is 2. The number of rotatable bonds is 6. The van der Waals surface area contributed by atoms with E-state index < -0.39 is 0 Å². The zero-order chi connectivity index (χ0) is 20.4. The smallest absolute Gasteiger partial charge is 0.162 e. The molecule has 4 rings (SSSR count). The summed E-state index contributed by atoms with van der Waals surface area (Å²) in [5.74, 6) is 1.55. The molecule has 2 aromatic carbocycles. The summed E-state index contributed by atoms with van der Waals surface area (Å²) < 4.78 is 11.0. The van der Waals surface area contributed by atoms with Crippen LogP contribution in [0.3, 0.4) is 0 Å². The minimum Gasteiger partial charge on any atom is -0.493 e. The average molecular weight is 394 g/mol. The number of fused-ring (bicyclic) bond motifs is 1. The van der Waals surface area contributed by atoms with Gasteiger partial charge in [-0.2, -0.15) is 0 Å². The Labute approximate surface area is 173 Å². The van der Waals surface area contributed by atoms with Crippen molar-refractivity contribution in [2.75, 3.05) is 51.8 Å². The van der Waals surface area contributed by atoms with Gasteiger partial charge in [0.05, 0.1) is 14.2 Å². The fraction of sp³-hybridized carbons (Fsp3) is 0.417. The number of H-pyrrole nitrogens is 1. The SMILES string of the molecule is COc1cc2[nH]c(C)c(CCN3CCN(c4ccccc4C)CC3)c2cc1OC. The number of methoxy groups -OCH3 is 2. The average Bonchev–Trinajstić information content (AvgIpc) is 3.05. The van der Waals surface area contributed by atoms with Crippen LogP contribution in [-0.2, 0) is 6.42 Å². The molecule has 0 spiro atoms. The first-order valence-corrected chi connectivity index (χ1v) is 10.4. The van der Waals surface area contributed by atoms with Gasteiger partial charge in [-0.1, -0.05) is 18.2 Å². The molecule has 5 heteroatoms. The first kappa shape index (κ1) is 19.6. The van der Waals surface area contributed by atoms with Gasteiger partial charge in [-0.25, -0.2) is 0 Å². The van der Waals surface area contributed by atoms with Crippen LogP contribution in [0.4, 0.5) is 5.69 Å². The second kappa shape index (κ2) is 8.37. The number of nitrogens with zero attached hydrogens (tertiary/aromatic N) is 2. The Bertz CT molecular complexity index is 987. The molecule has 1 N–H and O–H groups in total. The number of benzene rings is 2. The molecule has 0 radical (unpaired) electrons. The van der Waals surface area contributed by atoms with Crippen molar-refractivity contribution in [1.29, 1.82) is 0 Å². The molecule has 1 aliphatic heterocycles. The summed E-state index contributed by atoms with van der Waals surface area (Å²) in [6.07, 6.45) is 1.03. The molecule has 0 aliphatic carbocycles. The van der Waals surface area contributed by atoms with Crippen molar-refractivity contribution >= 4 is 16.6 Å². The summed E-state index contributed by atoms with van der Waals surface area (Å²) in [5, 5.41) is 1.23. The molecule has 3 aromatic rings. The maximum absolute atomic E-state index is 5.51. The highest BCUT2D eigenvalue weighted by Crippen LogP contribution is 2.34. The van der Waals surface area contributed by atoms with E-state index in [9.17, 15) is 0 Å². The van der Waals surface area contributed by atoms with Gasteiger partial charge in [0.2, 0.25) is 0 Å². The van der Waals surface area contributed by atoms with Crippen molar-refractivity contribution in [1.82, 2.24) is 9.88 Å². The Morgan fingerprint density at radius 2 is 1.62 bits per heavy atom. The van der Waals surface area contributed by atoms with Gasteiger partial charge in [0.1, 0.15) is 0 Å². The molecule has 154 valence electrons. The van der Waals surface area contributed by atoms with Crippen LogP contribution in [0.25, 0.3) is 10.9 Å². The summed E-state index contributed by atoms with van der Waals surface area (Å²) in [6.45, 7) is 9.81. The van der Waals surface area contributed by atoms with Crippen molar-refractivity contribution in [2.45, 2.75) is 20.3 Å². The van der Waals surface area contributed by atoms with Gasteiger partial charge in [0, 0.05) is 61.1 Å². The minimum absolute atomic E-state index is 0.764. The van der Waals surface area contributed by atoms with E-state index in [1.54, 1.807) is 14.2 Å². The second-order valence-electron chi connectivity index (χ2n) is 7.85. The van der Waals surface area contributed by atoms with E-state index in [1.807, 2.05) is 6.07 Å². The third kappa shape index (κ3) is 3.92. The minimum atomic E-state index is 0.764. The lowest BCUT2D eigenvalue weighted by Gasteiger charge is -2.36. The van der Waals surface area contributed by atoms with Crippen molar-refractivity contribution in [3.05, 3.63) is 53.2 Å². The van der Waals surface area contributed by atoms with E-state index in [0.717, 1.165) is 56.2 Å². The van der Waals surface area contributed by atoms with E-state index in [2.05, 4.69) is 59.0 Å². The van der Waals surface area contributed by atoms with Crippen LogP contribution in [0.5, 0.6) is 11.5 Å². The van der Waals surface area contributed by atoms with Crippen LogP contribution in [0.1, 0.15) is 16.8 Å². The third-order valence-corrected chi connectivity index (χ3v) is 6.13. The molecule has 0 atom stereocenters. The fourth-order valence-electron chi connectivity index (χ4n) is 4.43. The lowest BCUT2D eigenvalue weighted by molar-refractivity contribution is 0.261. The molecule has 29 heavy (non-hydrogen) atoms. The van der Waals surface area contributed by atoms with Crippen molar-refractivity contribution < 1.29 is 9.47 Å². The number of para-hydroxylation sites is 1. The first-order chi connectivity index (χ1) is 14.1. The zero-order valence-corrected chi connectivity index (χ0v) is 17.9. The summed E-state index contributed by atoms with van der Waals surface area (Å²) in [4.78, 5) is 8.60. The number of hydrogen-bond acceptors (Lipinski definition) is 4. The number of aromatic amines is 1. The van der Waals surface area contributed by atoms with E-state index in [4.69, 9.17) is 9.47 Å². The fourth-order valence-corrected chi connectivity index (χ4v) is 4.43. The summed E-state index contributed by atoms with van der Waals surface area (Å²) >= 11 is 0. The highest BCUT2D eigenvalue weighted by Gasteiger charge is 2.19. The molecular formula is C24H31N3O2. The second-order valence-corrected chi connectivity index (χ2v) is 7.85. The Hall–Kier alpha value is -2.66. The molecule has 1 aromatic heterocycles. The Morgan fingerprint density at radius 1 is 0.931 bits per heavy atom. The van der Waals surface area contributed by atoms with Crippen molar-refractivity contribution in [3.8, 4) is 11.5 Å². The lowest BCUT2D eigenvalue weighted by atomic mass is 10.1. The molecule has 0 saturated carbocycles. The quantitative estimate of drug-likeness (QED) is 0.683. The van der Waals surface area contributed by atoms with Gasteiger partial charge in [0.15, 0.2) is 11.5 Å². The number of hydrogen-bond donors (Lipinski definition) is 1. The molecule has 2 heterocycles. The number of piperazine rings is 1. The van der Waals surface area contributed by atoms with Gasteiger partial charge in [-0.15, -0.1) is 0 Å². The third-order valence-electron chi connectivity index (χ3n) is 6.13. The maximum atomic E-state index is 5.51. The maximum Gasteiger partial charge on any atom is 0.162 e. The molecule has 1 fully saturated rings. The van der Waals surface area contributed by atoms with E-state index in [1.165, 1.54) is 27.9 Å². The van der Waals surface area contributed by atoms with Gasteiger partial charge in [-0.3, -0.25) is 4.90 Å². The predicted octanol–water partition coefficient (Wildman–Crippen LogP) is 4.17. The Kier molecular flexibility index (Phi) is 5.67. The van der Waals surface area contributed by atoms with Gasteiger partial charge < -0.3 is 19.4 Å². The first-order valence-electron chi connectivity index (χ1n) is 10.4. The molecule has 0 bridgehead atoms. The number of nitrogens with one attached hydrogen (secondary N) is 1. The number of aromatic nitrogens is 1. The van der Waals surface area contributed by atoms with Gasteiger partial charge >= 0.3 is 0 Å². The van der Waals surface area contributed by atoms with Crippen LogP contribution in [0.15, 0.2) is 36.4 Å². The molecule has 1 aliphatic rings. The summed E-state index contributed by atoms with van der Waals surface area (Å²) in [7, 11) is 3.37. The highest BCUT2D eigenvalue weighted by molar-refractivity contribution is 5.88. The Balaban J connectivity index is 1.43. The Morgan fingerprint density at radius 3 is 2.31 bits per heavy atom. The predicted molar refractivity (Wildman–Crippen MR) is 120 cm³/mol. The van der Waals surface area contributed by atoms with E-state index >= 15 is 0 Å². The molecule has 0 unspecified atom stereocenters. The summed E-state index contributed by atoms with van der Waals surface area (Å²) in [6, 6.07) is 12.8. The van der Waals surface area contributed by atoms with E-state index in [0.29, 0.717) is 0 Å². The number of ether oxygens (including phenoxy) is 2. The summed E-state index contributed by atoms with van der Waals surface area (Å²) in [5.41, 5.74) is 6.45. The molecule has 5 nitrogen and oxygen atoms in total. The van der Waals surface area contributed by atoms with Crippen LogP contribution < -0.4 is 14.4 Å². The lowest BCUT2D eigenvalue weighted by Crippen LogP contribution is -2.47. The van der Waals surface area contributed by atoms with Gasteiger partial charge in [0.25, 0.3) is 0 Å². The topological polar surface area (TPSA) is 40.7 Å². The largest absolute Gasteiger partial charge is 0.493 e. The van der Waals surface area contributed by atoms with E-state index in [-0.39, 0.29) is 0 Å². The molecule has 1 saturated heterocycles. The van der Waals surface area contributed by atoms with Crippen molar-refractivity contribution in [3.63, 3.8) is 0 Å². The standard InChI is InChI=1S/C24H31N3O2/c1-17-7-5-6-8-22(17)27-13-11-26(12-14-27)10-9-19-18(2)25-21-16-24(29-4)23(28-3)15-20(19)21/h5-8,15-16,25H,9-14H2,1-4H3. The zero-order valence-electron chi connectivity index (χ0n) is 17.9. The molecular weight excluding hydrogens is 362 g/mol. The normalized spacial score (nSPS) is 15.1. The molecule has 0 amide bonds. The van der Waals surface area contributed by atoms with Crippen LogP contribution in [-0.4, -0.2) is 56.8 Å². The highest BCUT2D eigenvalue weighted by atomic mass is 16.5. The van der Waals surface area contributed by atoms with Gasteiger partial charge in [-0.05, 0) is 43.5 Å². The van der Waals surface area contributed by atoms with Crippen LogP contribution in [0, 0.1) is 13.8 Å². The number of anilines is 1. The van der Waals surface area contributed by atoms with Crippen LogP contribution >= 0.6 is 0 Å². The van der Waals surface area contributed by atoms with Crippen LogP contribution in [0.2, 0.25) is 0 Å². The monoisotopic (exact) mass is 393 g/mol. The van der Waals surface area contributed by atoms with Crippen molar-refractivity contribution in [2.24, 2.45) is 0 Å².